The van der Waals surface area contributed by atoms with E-state index in [1.54, 1.807) is 11.0 Å². The van der Waals surface area contributed by atoms with Crippen LogP contribution < -0.4 is 0 Å². The lowest BCUT2D eigenvalue weighted by molar-refractivity contribution is -0.133. The summed E-state index contributed by atoms with van der Waals surface area (Å²) in [6.45, 7) is 11.3. The lowest BCUT2D eigenvalue weighted by atomic mass is 9.95. The van der Waals surface area contributed by atoms with Gasteiger partial charge in [0.15, 0.2) is 11.6 Å². The number of fused-ring (bicyclic) bond motifs is 1. The van der Waals surface area contributed by atoms with E-state index < -0.39 is 17.2 Å². The second-order valence-electron chi connectivity index (χ2n) is 10.9. The van der Waals surface area contributed by atoms with Gasteiger partial charge in [0.05, 0.1) is 6.04 Å². The van der Waals surface area contributed by atoms with Crippen LogP contribution in [0.25, 0.3) is 0 Å². The van der Waals surface area contributed by atoms with Gasteiger partial charge in [-0.2, -0.15) is 0 Å². The molecule has 170 valence electrons. The lowest BCUT2D eigenvalue weighted by Gasteiger charge is -2.38. The number of benzene rings is 1. The summed E-state index contributed by atoms with van der Waals surface area (Å²) in [6, 6.07) is 4.15. The molecule has 1 aromatic rings. The minimum atomic E-state index is -0.837. The number of nitrogens with zero attached hydrogens (tertiary/aromatic N) is 2. The highest BCUT2D eigenvalue weighted by Gasteiger charge is 2.60. The van der Waals surface area contributed by atoms with Crippen molar-refractivity contribution in [3.63, 3.8) is 0 Å². The Labute approximate surface area is 182 Å². The van der Waals surface area contributed by atoms with Gasteiger partial charge in [0.2, 0.25) is 5.91 Å². The van der Waals surface area contributed by atoms with Crippen LogP contribution in [0, 0.1) is 28.9 Å². The quantitative estimate of drug-likeness (QED) is 0.701. The molecule has 0 spiro atoms. The zero-order valence-electron chi connectivity index (χ0n) is 19.0. The SMILES string of the molecule is CC(C)(C)OC(=O)N1CCN2C(=O)[C@@H](CC3C(c4ccc(F)c(F)c4)C3(C)C)C[C@H]2C1. The predicted molar refractivity (Wildman–Crippen MR) is 112 cm³/mol. The molecule has 0 bridgehead atoms. The number of carbonyl (C=O) groups excluding carboxylic acids is 2. The molecule has 1 aliphatic carbocycles. The number of hydrogen-bond donors (Lipinski definition) is 0. The fourth-order valence-corrected chi connectivity index (χ4v) is 5.56. The highest BCUT2D eigenvalue weighted by Crippen LogP contribution is 2.67. The van der Waals surface area contributed by atoms with Crippen LogP contribution >= 0.6 is 0 Å². The molecule has 0 radical (unpaired) electrons. The van der Waals surface area contributed by atoms with Gasteiger partial charge in [0.25, 0.3) is 0 Å². The van der Waals surface area contributed by atoms with Gasteiger partial charge < -0.3 is 14.5 Å². The largest absolute Gasteiger partial charge is 0.444 e. The number of rotatable bonds is 3. The summed E-state index contributed by atoms with van der Waals surface area (Å²) in [6.07, 6.45) is 1.12. The van der Waals surface area contributed by atoms with Gasteiger partial charge in [-0.1, -0.05) is 19.9 Å². The van der Waals surface area contributed by atoms with Gasteiger partial charge in [0, 0.05) is 25.6 Å². The Kier molecular flexibility index (Phi) is 5.30. The molecule has 2 saturated heterocycles. The van der Waals surface area contributed by atoms with Crippen LogP contribution in [-0.4, -0.2) is 53.1 Å². The highest BCUT2D eigenvalue weighted by molar-refractivity contribution is 5.82. The molecule has 2 aliphatic heterocycles. The topological polar surface area (TPSA) is 49.9 Å². The Hall–Kier alpha value is -2.18. The van der Waals surface area contributed by atoms with Crippen LogP contribution in [0.3, 0.4) is 0 Å². The summed E-state index contributed by atoms with van der Waals surface area (Å²) in [4.78, 5) is 29.1. The van der Waals surface area contributed by atoms with Crippen LogP contribution in [0.5, 0.6) is 0 Å². The maximum absolute atomic E-state index is 13.7. The fourth-order valence-electron chi connectivity index (χ4n) is 5.56. The van der Waals surface area contributed by atoms with Crippen molar-refractivity contribution >= 4 is 12.0 Å². The summed E-state index contributed by atoms with van der Waals surface area (Å²) in [5.74, 6) is -1.24. The molecule has 2 heterocycles. The van der Waals surface area contributed by atoms with Crippen molar-refractivity contribution in [2.75, 3.05) is 19.6 Å². The standard InChI is InChI=1S/C24H32F2N2O3/c1-23(2,3)31-22(30)27-8-9-28-16(13-27)10-15(21(28)29)11-17-20(24(17,4)5)14-6-7-18(25)19(26)12-14/h6-7,12,15-17,20H,8-11,13H2,1-5H3/t15-,16+,17?,20?/m1/s1. The van der Waals surface area contributed by atoms with Crippen molar-refractivity contribution < 1.29 is 23.1 Å². The summed E-state index contributed by atoms with van der Waals surface area (Å²) < 4.78 is 32.6. The summed E-state index contributed by atoms with van der Waals surface area (Å²) in [7, 11) is 0. The Morgan fingerprint density at radius 3 is 2.55 bits per heavy atom. The van der Waals surface area contributed by atoms with E-state index in [0.717, 1.165) is 18.4 Å². The van der Waals surface area contributed by atoms with Crippen molar-refractivity contribution in [1.29, 1.82) is 0 Å². The molecule has 4 rings (SSSR count). The maximum atomic E-state index is 13.7. The van der Waals surface area contributed by atoms with E-state index in [-0.39, 0.29) is 41.2 Å². The van der Waals surface area contributed by atoms with E-state index in [2.05, 4.69) is 13.8 Å². The Morgan fingerprint density at radius 1 is 1.19 bits per heavy atom. The summed E-state index contributed by atoms with van der Waals surface area (Å²) in [5.41, 5.74) is 0.193. The van der Waals surface area contributed by atoms with E-state index in [9.17, 15) is 18.4 Å². The molecular formula is C24H32F2N2O3. The van der Waals surface area contributed by atoms with Crippen molar-refractivity contribution in [1.82, 2.24) is 9.80 Å². The molecule has 3 fully saturated rings. The Bertz CT molecular complexity index is 895. The van der Waals surface area contributed by atoms with Gasteiger partial charge >= 0.3 is 6.09 Å². The molecule has 2 amide bonds. The molecule has 0 aromatic heterocycles. The third-order valence-electron chi connectivity index (χ3n) is 7.22. The number of hydrogen-bond acceptors (Lipinski definition) is 3. The molecule has 3 aliphatic rings. The van der Waals surface area contributed by atoms with Crippen molar-refractivity contribution in [3.8, 4) is 0 Å². The average Bonchev–Trinajstić information content (AvgIpc) is 3.05. The van der Waals surface area contributed by atoms with Crippen LogP contribution in [-0.2, 0) is 9.53 Å². The van der Waals surface area contributed by atoms with Crippen molar-refractivity contribution in [3.05, 3.63) is 35.4 Å². The normalized spacial score (nSPS) is 29.7. The lowest BCUT2D eigenvalue weighted by Crippen LogP contribution is -2.54. The van der Waals surface area contributed by atoms with Gasteiger partial charge in [-0.15, -0.1) is 0 Å². The molecule has 7 heteroatoms. The van der Waals surface area contributed by atoms with Crippen molar-refractivity contribution in [2.24, 2.45) is 17.3 Å². The number of ether oxygens (including phenoxy) is 1. The van der Waals surface area contributed by atoms with E-state index in [1.165, 1.54) is 12.1 Å². The van der Waals surface area contributed by atoms with E-state index >= 15 is 0 Å². The first kappa shape index (κ1) is 22.0. The first-order valence-electron chi connectivity index (χ1n) is 11.1. The van der Waals surface area contributed by atoms with E-state index in [1.807, 2.05) is 25.7 Å². The molecule has 0 N–H and O–H groups in total. The van der Waals surface area contributed by atoms with Gasteiger partial charge in [-0.3, -0.25) is 4.79 Å². The minimum absolute atomic E-state index is 0.0161. The monoisotopic (exact) mass is 434 g/mol. The predicted octanol–water partition coefficient (Wildman–Crippen LogP) is 4.56. The van der Waals surface area contributed by atoms with Crippen molar-refractivity contribution in [2.45, 2.75) is 65.0 Å². The summed E-state index contributed by atoms with van der Waals surface area (Å²) >= 11 is 0. The third-order valence-corrected chi connectivity index (χ3v) is 7.22. The number of halogens is 2. The first-order valence-corrected chi connectivity index (χ1v) is 11.1. The van der Waals surface area contributed by atoms with Crippen LogP contribution in [0.4, 0.5) is 13.6 Å². The smallest absolute Gasteiger partial charge is 0.410 e. The van der Waals surface area contributed by atoms with Crippen LogP contribution in [0.1, 0.15) is 58.9 Å². The average molecular weight is 435 g/mol. The van der Waals surface area contributed by atoms with Gasteiger partial charge in [0.1, 0.15) is 5.60 Å². The van der Waals surface area contributed by atoms with E-state index in [0.29, 0.717) is 19.6 Å². The molecule has 4 atom stereocenters. The van der Waals surface area contributed by atoms with Crippen LogP contribution in [0.2, 0.25) is 0 Å². The number of carbonyl (C=O) groups is 2. The fraction of sp³-hybridized carbons (Fsp3) is 0.667. The second-order valence-corrected chi connectivity index (χ2v) is 10.9. The molecule has 1 saturated carbocycles. The molecule has 1 aromatic carbocycles. The number of piperazine rings is 1. The van der Waals surface area contributed by atoms with E-state index in [4.69, 9.17) is 4.74 Å². The molecular weight excluding hydrogens is 402 g/mol. The zero-order chi connectivity index (χ0) is 22.7. The highest BCUT2D eigenvalue weighted by atomic mass is 19.2. The number of amides is 2. The molecule has 5 nitrogen and oxygen atoms in total. The summed E-state index contributed by atoms with van der Waals surface area (Å²) in [5, 5.41) is 0. The van der Waals surface area contributed by atoms with Crippen LogP contribution in [0.15, 0.2) is 18.2 Å². The Balaban J connectivity index is 1.40. The second kappa shape index (κ2) is 7.45. The molecule has 2 unspecified atom stereocenters. The zero-order valence-corrected chi connectivity index (χ0v) is 19.0. The Morgan fingerprint density at radius 2 is 1.90 bits per heavy atom. The minimum Gasteiger partial charge on any atom is -0.444 e. The van der Waals surface area contributed by atoms with Gasteiger partial charge in [-0.05, 0) is 68.6 Å². The first-order chi connectivity index (χ1) is 14.4. The maximum Gasteiger partial charge on any atom is 0.410 e. The van der Waals surface area contributed by atoms with Gasteiger partial charge in [-0.25, -0.2) is 13.6 Å². The molecule has 31 heavy (non-hydrogen) atoms. The third kappa shape index (κ3) is 4.15.